The van der Waals surface area contributed by atoms with Gasteiger partial charge < -0.3 is 21.4 Å². The molecule has 122 valence electrons. The summed E-state index contributed by atoms with van der Waals surface area (Å²) in [6, 6.07) is 0.868. The van der Waals surface area contributed by atoms with Crippen LogP contribution in [0.1, 0.15) is 6.42 Å². The Bertz CT molecular complexity index is 380. The number of nitrogens with zero attached hydrogens (tertiary/aromatic N) is 1. The van der Waals surface area contributed by atoms with Gasteiger partial charge in [0.25, 0.3) is 10.0 Å². The van der Waals surface area contributed by atoms with Gasteiger partial charge in [0.1, 0.15) is 0 Å². The van der Waals surface area contributed by atoms with Gasteiger partial charge in [-0.15, -0.1) is 0 Å². The van der Waals surface area contributed by atoms with E-state index in [0.29, 0.717) is 6.54 Å². The van der Waals surface area contributed by atoms with E-state index in [-0.39, 0.29) is 5.91 Å². The maximum Gasteiger partial charge on any atom is 0.313 e. The van der Waals surface area contributed by atoms with Crippen LogP contribution in [0.4, 0.5) is 0 Å². The second-order valence-electron chi connectivity index (χ2n) is 5.98. The van der Waals surface area contributed by atoms with E-state index in [1.54, 1.807) is 11.9 Å². The Balaban J connectivity index is 2.45. The molecule has 0 spiro atoms. The average Bonchev–Trinajstić information content (AvgIpc) is 2.33. The third kappa shape index (κ3) is 7.14. The SMILES string of the molecule is C=CC(=O)N(C)CCC[SiH]1O[SiH2]O[Si](C)(C)O[Si](C)(C)O1. The number of carbonyl (C=O) groups excluding carboxylic acids is 1. The van der Waals surface area contributed by atoms with Gasteiger partial charge in [0, 0.05) is 13.6 Å². The summed E-state index contributed by atoms with van der Waals surface area (Å²) in [5.41, 5.74) is 0. The molecule has 0 saturated carbocycles. The second-order valence-corrected chi connectivity index (χ2v) is 17.5. The monoisotopic (exact) mass is 365 g/mol. The predicted octanol–water partition coefficient (Wildman–Crippen LogP) is 0.724. The Morgan fingerprint density at radius 3 is 2.62 bits per heavy atom. The van der Waals surface area contributed by atoms with Crippen LogP contribution in [0.2, 0.25) is 32.2 Å². The van der Waals surface area contributed by atoms with E-state index >= 15 is 0 Å². The molecule has 0 aromatic heterocycles. The molecule has 1 aliphatic rings. The second kappa shape index (κ2) is 7.96. The highest BCUT2D eigenvalue weighted by Gasteiger charge is 2.40. The fraction of sp³-hybridized carbons (Fsp3) is 0.727. The Labute approximate surface area is 133 Å². The molecule has 0 bridgehead atoms. The molecule has 1 saturated heterocycles. The lowest BCUT2D eigenvalue weighted by atomic mass is 10.4. The van der Waals surface area contributed by atoms with Gasteiger partial charge in [-0.1, -0.05) is 6.58 Å². The molecule has 21 heavy (non-hydrogen) atoms. The minimum atomic E-state index is -2.18. The van der Waals surface area contributed by atoms with Crippen molar-refractivity contribution in [1.82, 2.24) is 4.90 Å². The largest absolute Gasteiger partial charge is 0.422 e. The van der Waals surface area contributed by atoms with Gasteiger partial charge in [0.05, 0.1) is 0 Å². The molecule has 1 atom stereocenters. The summed E-state index contributed by atoms with van der Waals surface area (Å²) in [6.45, 7) is 12.4. The summed E-state index contributed by atoms with van der Waals surface area (Å²) >= 11 is 0. The molecule has 1 aliphatic heterocycles. The van der Waals surface area contributed by atoms with Gasteiger partial charge in [0.2, 0.25) is 5.91 Å². The molecule has 0 radical (unpaired) electrons. The van der Waals surface area contributed by atoms with Crippen LogP contribution in [-0.2, 0) is 21.3 Å². The summed E-state index contributed by atoms with van der Waals surface area (Å²) in [7, 11) is -5.24. The molecule has 1 rings (SSSR count). The van der Waals surface area contributed by atoms with Crippen LogP contribution >= 0.6 is 0 Å². The van der Waals surface area contributed by atoms with Crippen molar-refractivity contribution in [3.63, 3.8) is 0 Å². The lowest BCUT2D eigenvalue weighted by Gasteiger charge is -2.38. The van der Waals surface area contributed by atoms with Crippen molar-refractivity contribution in [3.8, 4) is 0 Å². The molecule has 0 N–H and O–H groups in total. The van der Waals surface area contributed by atoms with Gasteiger partial charge in [0.15, 0.2) is 0 Å². The molecule has 1 unspecified atom stereocenters. The molecular weight excluding hydrogens is 338 g/mol. The van der Waals surface area contributed by atoms with Crippen molar-refractivity contribution in [2.24, 2.45) is 0 Å². The van der Waals surface area contributed by atoms with E-state index in [4.69, 9.17) is 16.5 Å². The first-order valence-corrected chi connectivity index (χ1v) is 15.7. The van der Waals surface area contributed by atoms with Crippen LogP contribution in [0.25, 0.3) is 0 Å². The molecular formula is C11H27NO5Si4. The summed E-state index contributed by atoms with van der Waals surface area (Å²) in [5.74, 6) is -0.0559. The Morgan fingerprint density at radius 2 is 2.00 bits per heavy atom. The van der Waals surface area contributed by atoms with Gasteiger partial charge in [-0.3, -0.25) is 4.79 Å². The van der Waals surface area contributed by atoms with E-state index in [0.717, 1.165) is 12.5 Å². The number of likely N-dealkylation sites (N-methyl/N-ethyl adjacent to an activating group) is 1. The molecule has 1 fully saturated rings. The topological polar surface area (TPSA) is 57.2 Å². The first-order chi connectivity index (χ1) is 9.65. The Morgan fingerprint density at radius 1 is 1.33 bits per heavy atom. The van der Waals surface area contributed by atoms with E-state index < -0.39 is 36.4 Å². The number of carbonyl (C=O) groups is 1. The maximum absolute atomic E-state index is 11.4. The predicted molar refractivity (Wildman–Crippen MR) is 92.3 cm³/mol. The summed E-state index contributed by atoms with van der Waals surface area (Å²) < 4.78 is 24.1. The van der Waals surface area contributed by atoms with Crippen LogP contribution in [0.15, 0.2) is 12.7 Å². The van der Waals surface area contributed by atoms with E-state index in [9.17, 15) is 4.79 Å². The van der Waals surface area contributed by atoms with Crippen molar-refractivity contribution in [2.45, 2.75) is 38.7 Å². The lowest BCUT2D eigenvalue weighted by Crippen LogP contribution is -2.55. The van der Waals surface area contributed by atoms with E-state index in [1.165, 1.54) is 6.08 Å². The molecule has 0 aromatic rings. The van der Waals surface area contributed by atoms with E-state index in [1.807, 2.05) is 13.1 Å². The normalized spacial score (nSPS) is 25.9. The zero-order valence-electron chi connectivity index (χ0n) is 13.7. The number of rotatable bonds is 5. The smallest absolute Gasteiger partial charge is 0.313 e. The third-order valence-electron chi connectivity index (χ3n) is 3.05. The van der Waals surface area contributed by atoms with Crippen LogP contribution in [0.3, 0.4) is 0 Å². The number of hydrogen-bond acceptors (Lipinski definition) is 5. The van der Waals surface area contributed by atoms with Crippen molar-refractivity contribution in [1.29, 1.82) is 0 Å². The van der Waals surface area contributed by atoms with Crippen LogP contribution < -0.4 is 0 Å². The van der Waals surface area contributed by atoms with Gasteiger partial charge in [-0.05, 0) is 44.7 Å². The highest BCUT2D eigenvalue weighted by Crippen LogP contribution is 2.21. The van der Waals surface area contributed by atoms with Gasteiger partial charge in [-0.2, -0.15) is 0 Å². The molecule has 0 aromatic carbocycles. The van der Waals surface area contributed by atoms with Crippen molar-refractivity contribution >= 4 is 42.3 Å². The fourth-order valence-electron chi connectivity index (χ4n) is 2.15. The average molecular weight is 366 g/mol. The highest BCUT2D eigenvalue weighted by atomic mass is 28.5. The zero-order chi connectivity index (χ0) is 16.1. The first kappa shape index (κ1) is 19.0. The first-order valence-electron chi connectivity index (χ1n) is 7.16. The molecule has 1 amide bonds. The summed E-state index contributed by atoms with van der Waals surface area (Å²) in [4.78, 5) is 13.1. The van der Waals surface area contributed by atoms with Crippen molar-refractivity contribution in [3.05, 3.63) is 12.7 Å². The molecule has 6 nitrogen and oxygen atoms in total. The van der Waals surface area contributed by atoms with Crippen LogP contribution in [0, 0.1) is 0 Å². The summed E-state index contributed by atoms with van der Waals surface area (Å²) in [5, 5.41) is 0. The van der Waals surface area contributed by atoms with Crippen LogP contribution in [-0.4, -0.2) is 60.8 Å². The molecule has 10 heteroatoms. The van der Waals surface area contributed by atoms with Gasteiger partial charge in [-0.25, -0.2) is 0 Å². The summed E-state index contributed by atoms with van der Waals surface area (Å²) in [6.07, 6.45) is 2.20. The number of hydrogen-bond donors (Lipinski definition) is 0. The quantitative estimate of drug-likeness (QED) is 0.531. The third-order valence-corrected chi connectivity index (χ3v) is 16.5. The standard InChI is InChI=1S/C11H27NO5Si4/c1-7-11(13)12(2)9-8-10-19-14-18-15-20(3,4)17-21(5,6)16-19/h7,19H,1,8-10,18H2,2-6H3. The zero-order valence-corrected chi connectivity index (χ0v) is 18.2. The van der Waals surface area contributed by atoms with Gasteiger partial charge >= 0.3 is 26.4 Å². The number of amides is 1. The highest BCUT2D eigenvalue weighted by molar-refractivity contribution is 6.84. The minimum absolute atomic E-state index is 0.0559. The maximum atomic E-state index is 11.4. The molecule has 1 heterocycles. The molecule has 0 aliphatic carbocycles. The van der Waals surface area contributed by atoms with Crippen LogP contribution in [0.5, 0.6) is 0 Å². The minimum Gasteiger partial charge on any atom is -0.422 e. The van der Waals surface area contributed by atoms with Crippen molar-refractivity contribution < 1.29 is 21.3 Å². The fourth-order valence-corrected chi connectivity index (χ4v) is 16.0. The van der Waals surface area contributed by atoms with Crippen molar-refractivity contribution in [2.75, 3.05) is 13.6 Å². The van der Waals surface area contributed by atoms with E-state index in [2.05, 4.69) is 19.7 Å². The Hall–Kier alpha value is -0.0825. The lowest BCUT2D eigenvalue weighted by molar-refractivity contribution is -0.124. The Kier molecular flexibility index (Phi) is 7.19.